The maximum Gasteiger partial charge on any atom is 0.269 e. The molecule has 1 aromatic carbocycles. The lowest BCUT2D eigenvalue weighted by atomic mass is 9.85. The van der Waals surface area contributed by atoms with Crippen LogP contribution >= 0.6 is 15.9 Å². The van der Waals surface area contributed by atoms with Crippen molar-refractivity contribution in [3.05, 3.63) is 39.9 Å². The molecule has 0 aliphatic heterocycles. The van der Waals surface area contributed by atoms with Crippen LogP contribution in [0.4, 0.5) is 5.69 Å². The van der Waals surface area contributed by atoms with Crippen molar-refractivity contribution in [3.8, 4) is 0 Å². The summed E-state index contributed by atoms with van der Waals surface area (Å²) in [7, 11) is 0. The number of non-ortho nitro benzene ring substituents is 1. The molecular formula is C13H16BrNO2. The van der Waals surface area contributed by atoms with Crippen LogP contribution in [-0.4, -0.2) is 9.75 Å². The van der Waals surface area contributed by atoms with Gasteiger partial charge in [0.05, 0.1) is 4.92 Å². The van der Waals surface area contributed by atoms with Gasteiger partial charge in [-0.15, -0.1) is 0 Å². The molecule has 1 aromatic rings. The minimum atomic E-state index is -0.350. The first-order valence-corrected chi connectivity index (χ1v) is 6.96. The first-order chi connectivity index (χ1) is 8.16. The summed E-state index contributed by atoms with van der Waals surface area (Å²) in [6.07, 6.45) is 6.14. The maximum atomic E-state index is 10.6. The zero-order valence-corrected chi connectivity index (χ0v) is 11.2. The monoisotopic (exact) mass is 297 g/mol. The molecular weight excluding hydrogens is 282 g/mol. The number of hydrogen-bond acceptors (Lipinski definition) is 2. The Bertz CT molecular complexity index is 391. The van der Waals surface area contributed by atoms with Gasteiger partial charge in [0.1, 0.15) is 0 Å². The van der Waals surface area contributed by atoms with Crippen LogP contribution in [0.1, 0.15) is 31.2 Å². The molecule has 1 saturated carbocycles. The zero-order valence-electron chi connectivity index (χ0n) is 9.64. The van der Waals surface area contributed by atoms with E-state index >= 15 is 0 Å². The standard InChI is InChI=1S/C13H16BrNO2/c14-13-4-2-1-3-11(13)9-10-5-7-12(8-6-10)15(16)17/h5-8,11,13H,1-4,9H2. The largest absolute Gasteiger partial charge is 0.269 e. The van der Waals surface area contributed by atoms with Crippen molar-refractivity contribution >= 4 is 21.6 Å². The number of nitro groups is 1. The average molecular weight is 298 g/mol. The molecule has 2 atom stereocenters. The molecule has 0 aromatic heterocycles. The third kappa shape index (κ3) is 3.28. The number of nitro benzene ring substituents is 1. The van der Waals surface area contributed by atoms with E-state index in [0.717, 1.165) is 6.42 Å². The van der Waals surface area contributed by atoms with Crippen LogP contribution in [0.15, 0.2) is 24.3 Å². The van der Waals surface area contributed by atoms with Crippen LogP contribution in [0.5, 0.6) is 0 Å². The minimum Gasteiger partial charge on any atom is -0.258 e. The summed E-state index contributed by atoms with van der Waals surface area (Å²) in [5.41, 5.74) is 1.37. The molecule has 0 radical (unpaired) electrons. The second-order valence-corrected chi connectivity index (χ2v) is 5.86. The molecule has 1 fully saturated rings. The Morgan fingerprint density at radius 1 is 1.24 bits per heavy atom. The van der Waals surface area contributed by atoms with E-state index in [2.05, 4.69) is 15.9 Å². The van der Waals surface area contributed by atoms with Crippen LogP contribution < -0.4 is 0 Å². The van der Waals surface area contributed by atoms with Crippen molar-refractivity contribution in [3.63, 3.8) is 0 Å². The van der Waals surface area contributed by atoms with Gasteiger partial charge in [-0.2, -0.15) is 0 Å². The van der Waals surface area contributed by atoms with Gasteiger partial charge in [-0.3, -0.25) is 10.1 Å². The number of halogens is 1. The molecule has 2 unspecified atom stereocenters. The molecule has 1 aliphatic rings. The van der Waals surface area contributed by atoms with Gasteiger partial charge in [0.25, 0.3) is 5.69 Å². The van der Waals surface area contributed by atoms with E-state index in [-0.39, 0.29) is 10.6 Å². The highest BCUT2D eigenvalue weighted by atomic mass is 79.9. The van der Waals surface area contributed by atoms with Crippen molar-refractivity contribution in [2.24, 2.45) is 5.92 Å². The van der Waals surface area contributed by atoms with Crippen LogP contribution in [0, 0.1) is 16.0 Å². The van der Waals surface area contributed by atoms with Gasteiger partial charge in [0, 0.05) is 17.0 Å². The molecule has 2 rings (SSSR count). The molecule has 17 heavy (non-hydrogen) atoms. The first-order valence-electron chi connectivity index (χ1n) is 6.04. The van der Waals surface area contributed by atoms with Crippen molar-refractivity contribution in [1.82, 2.24) is 0 Å². The Balaban J connectivity index is 2.00. The molecule has 0 bridgehead atoms. The van der Waals surface area contributed by atoms with Gasteiger partial charge in [-0.05, 0) is 30.7 Å². The van der Waals surface area contributed by atoms with Crippen LogP contribution in [0.2, 0.25) is 0 Å². The van der Waals surface area contributed by atoms with Crippen molar-refractivity contribution in [2.45, 2.75) is 36.9 Å². The van der Waals surface area contributed by atoms with Crippen LogP contribution in [-0.2, 0) is 6.42 Å². The molecule has 0 spiro atoms. The molecule has 3 nitrogen and oxygen atoms in total. The van der Waals surface area contributed by atoms with Gasteiger partial charge in [-0.1, -0.05) is 40.9 Å². The summed E-state index contributed by atoms with van der Waals surface area (Å²) < 4.78 is 0. The third-order valence-electron chi connectivity index (χ3n) is 3.46. The fraction of sp³-hybridized carbons (Fsp3) is 0.538. The highest BCUT2D eigenvalue weighted by molar-refractivity contribution is 9.09. The SMILES string of the molecule is O=[N+]([O-])c1ccc(CC2CCCCC2Br)cc1. The normalized spacial score (nSPS) is 24.5. The molecule has 1 aliphatic carbocycles. The quantitative estimate of drug-likeness (QED) is 0.479. The summed E-state index contributed by atoms with van der Waals surface area (Å²) in [5.74, 6) is 0.671. The highest BCUT2D eigenvalue weighted by Crippen LogP contribution is 2.32. The molecule has 0 saturated heterocycles. The Morgan fingerprint density at radius 3 is 2.47 bits per heavy atom. The lowest BCUT2D eigenvalue weighted by molar-refractivity contribution is -0.384. The van der Waals surface area contributed by atoms with Gasteiger partial charge in [-0.25, -0.2) is 0 Å². The Morgan fingerprint density at radius 2 is 1.88 bits per heavy atom. The number of alkyl halides is 1. The molecule has 0 heterocycles. The maximum absolute atomic E-state index is 10.6. The van der Waals surface area contributed by atoms with Gasteiger partial charge in [0.15, 0.2) is 0 Å². The number of hydrogen-bond donors (Lipinski definition) is 0. The summed E-state index contributed by atoms with van der Waals surface area (Å²) in [5, 5.41) is 10.6. The van der Waals surface area contributed by atoms with Gasteiger partial charge in [0.2, 0.25) is 0 Å². The predicted molar refractivity (Wildman–Crippen MR) is 71.5 cm³/mol. The summed E-state index contributed by atoms with van der Waals surface area (Å²) in [6, 6.07) is 6.96. The number of nitrogens with zero attached hydrogens (tertiary/aromatic N) is 1. The van der Waals surface area contributed by atoms with E-state index in [1.165, 1.54) is 31.2 Å². The van der Waals surface area contributed by atoms with Crippen molar-refractivity contribution in [2.75, 3.05) is 0 Å². The zero-order chi connectivity index (χ0) is 12.3. The van der Waals surface area contributed by atoms with Crippen LogP contribution in [0.25, 0.3) is 0 Å². The summed E-state index contributed by atoms with van der Waals surface area (Å²) >= 11 is 3.74. The Kier molecular flexibility index (Phi) is 4.15. The number of benzene rings is 1. The smallest absolute Gasteiger partial charge is 0.258 e. The van der Waals surface area contributed by atoms with Gasteiger partial charge < -0.3 is 0 Å². The fourth-order valence-electron chi connectivity index (χ4n) is 2.45. The fourth-order valence-corrected chi connectivity index (χ4v) is 3.22. The molecule has 0 amide bonds. The highest BCUT2D eigenvalue weighted by Gasteiger charge is 2.22. The number of rotatable bonds is 3. The third-order valence-corrected chi connectivity index (χ3v) is 4.67. The summed E-state index contributed by atoms with van der Waals surface area (Å²) in [4.78, 5) is 10.8. The van der Waals surface area contributed by atoms with E-state index in [9.17, 15) is 10.1 Å². The van der Waals surface area contributed by atoms with E-state index in [0.29, 0.717) is 10.7 Å². The van der Waals surface area contributed by atoms with Crippen molar-refractivity contribution in [1.29, 1.82) is 0 Å². The Labute approximate surface area is 110 Å². The summed E-state index contributed by atoms with van der Waals surface area (Å²) in [6.45, 7) is 0. The van der Waals surface area contributed by atoms with E-state index in [1.54, 1.807) is 12.1 Å². The average Bonchev–Trinajstić information content (AvgIpc) is 2.33. The first kappa shape index (κ1) is 12.6. The Hall–Kier alpha value is -0.900. The topological polar surface area (TPSA) is 43.1 Å². The van der Waals surface area contributed by atoms with Crippen LogP contribution in [0.3, 0.4) is 0 Å². The van der Waals surface area contributed by atoms with E-state index in [1.807, 2.05) is 12.1 Å². The van der Waals surface area contributed by atoms with Crippen molar-refractivity contribution < 1.29 is 4.92 Å². The second-order valence-electron chi connectivity index (χ2n) is 4.69. The van der Waals surface area contributed by atoms with E-state index in [4.69, 9.17) is 0 Å². The lowest BCUT2D eigenvalue weighted by Crippen LogP contribution is -2.21. The van der Waals surface area contributed by atoms with E-state index < -0.39 is 0 Å². The predicted octanol–water partition coefficient (Wildman–Crippen LogP) is 4.09. The second kappa shape index (κ2) is 5.63. The molecule has 4 heteroatoms. The molecule has 0 N–H and O–H groups in total. The minimum absolute atomic E-state index is 0.174. The van der Waals surface area contributed by atoms with Gasteiger partial charge >= 0.3 is 0 Å². The molecule has 92 valence electrons. The lowest BCUT2D eigenvalue weighted by Gasteiger charge is -2.27.